The zero-order valence-electron chi connectivity index (χ0n) is 24.7. The lowest BCUT2D eigenvalue weighted by Crippen LogP contribution is -2.40. The van der Waals surface area contributed by atoms with Gasteiger partial charge in [0.25, 0.3) is 10.0 Å². The third-order valence-corrected chi connectivity index (χ3v) is 9.37. The Morgan fingerprint density at radius 3 is 2.36 bits per heavy atom. The van der Waals surface area contributed by atoms with Crippen LogP contribution in [-0.2, 0) is 37.4 Å². The average Bonchev–Trinajstić information content (AvgIpc) is 2.97. The van der Waals surface area contributed by atoms with E-state index in [1.807, 2.05) is 29.8 Å². The van der Waals surface area contributed by atoms with Gasteiger partial charge >= 0.3 is 0 Å². The number of carbonyl (C=O) groups is 3. The highest BCUT2D eigenvalue weighted by atomic mass is 35.5. The Morgan fingerprint density at radius 2 is 1.70 bits per heavy atom. The van der Waals surface area contributed by atoms with Crippen molar-refractivity contribution in [3.8, 4) is 11.1 Å². The first-order valence-corrected chi connectivity index (χ1v) is 17.1. The first-order valence-electron chi connectivity index (χ1n) is 14.3. The molecule has 44 heavy (non-hydrogen) atoms. The molecule has 8 nitrogen and oxygen atoms in total. The lowest BCUT2D eigenvalue weighted by Gasteiger charge is -2.24. The molecule has 3 amide bonds. The summed E-state index contributed by atoms with van der Waals surface area (Å²) in [6.07, 6.45) is 2.47. The van der Waals surface area contributed by atoms with E-state index in [0.717, 1.165) is 30.9 Å². The molecule has 0 saturated carbocycles. The van der Waals surface area contributed by atoms with Gasteiger partial charge < -0.3 is 10.2 Å². The third kappa shape index (κ3) is 10.3. The summed E-state index contributed by atoms with van der Waals surface area (Å²) < 4.78 is 27.5. The number of unbranched alkanes of at least 4 members (excludes halogenated alkanes) is 1. The Bertz CT molecular complexity index is 1580. The van der Waals surface area contributed by atoms with Crippen LogP contribution in [0, 0.1) is 5.92 Å². The number of hydrogen-bond donors (Lipinski definition) is 3. The largest absolute Gasteiger partial charge is 0.354 e. The molecule has 0 fully saturated rings. The molecule has 0 aromatic heterocycles. The van der Waals surface area contributed by atoms with Gasteiger partial charge in [-0.25, -0.2) is 13.1 Å². The summed E-state index contributed by atoms with van der Waals surface area (Å²) >= 11 is 17.1. The van der Waals surface area contributed by atoms with Crippen LogP contribution in [0.1, 0.15) is 44.2 Å². The maximum absolute atomic E-state index is 13.1. The second-order valence-corrected chi connectivity index (χ2v) is 13.3. The van der Waals surface area contributed by atoms with Crippen LogP contribution in [0.4, 0.5) is 0 Å². The molecular formula is C32H37Cl2N3O5S2. The van der Waals surface area contributed by atoms with Crippen LogP contribution < -0.4 is 10.0 Å². The molecule has 2 N–H and O–H groups in total. The smallest absolute Gasteiger partial charge is 0.264 e. The lowest BCUT2D eigenvalue weighted by molar-refractivity contribution is -0.132. The van der Waals surface area contributed by atoms with Gasteiger partial charge in [-0.05, 0) is 48.2 Å². The minimum Gasteiger partial charge on any atom is -0.354 e. The van der Waals surface area contributed by atoms with E-state index < -0.39 is 15.9 Å². The second-order valence-electron chi connectivity index (χ2n) is 10.4. The van der Waals surface area contributed by atoms with E-state index in [4.69, 9.17) is 23.2 Å². The number of nitrogens with zero attached hydrogens (tertiary/aromatic N) is 1. The molecule has 0 aliphatic heterocycles. The van der Waals surface area contributed by atoms with Crippen molar-refractivity contribution in [2.24, 2.45) is 5.92 Å². The highest BCUT2D eigenvalue weighted by Crippen LogP contribution is 2.33. The lowest BCUT2D eigenvalue weighted by atomic mass is 10.0. The number of hydrogen-bond acceptors (Lipinski definition) is 6. The predicted octanol–water partition coefficient (Wildman–Crippen LogP) is 5.91. The summed E-state index contributed by atoms with van der Waals surface area (Å²) in [5, 5.41) is 3.84. The number of halogens is 2. The van der Waals surface area contributed by atoms with E-state index in [0.29, 0.717) is 46.3 Å². The van der Waals surface area contributed by atoms with E-state index in [2.05, 4.69) is 17.9 Å². The zero-order valence-corrected chi connectivity index (χ0v) is 27.9. The number of benzene rings is 3. The van der Waals surface area contributed by atoms with Crippen molar-refractivity contribution in [2.45, 2.75) is 51.0 Å². The second kappa shape index (κ2) is 16.9. The van der Waals surface area contributed by atoms with Gasteiger partial charge in [-0.1, -0.05) is 79.0 Å². The van der Waals surface area contributed by atoms with Gasteiger partial charge in [0.15, 0.2) is 0 Å². The fraction of sp³-hybridized carbons (Fsp3) is 0.344. The van der Waals surface area contributed by atoms with Gasteiger partial charge in [-0.2, -0.15) is 12.6 Å². The van der Waals surface area contributed by atoms with Gasteiger partial charge in [0, 0.05) is 59.9 Å². The van der Waals surface area contributed by atoms with Crippen LogP contribution in [0.3, 0.4) is 0 Å². The van der Waals surface area contributed by atoms with Crippen molar-refractivity contribution in [1.82, 2.24) is 14.9 Å². The molecule has 0 radical (unpaired) electrons. The standard InChI is InChI=1S/C32H37Cl2N3O5S2/c1-3-4-12-31(39)37(16-15-35-32(40)25(21-43)17-23-8-7-9-26(33)18-23)20-24-13-14-27(29(34)19-24)28-10-5-6-11-30(28)44(41,42)36-22(2)38/h5-11,13-14,18-19,25,43H,3-4,12,15-17,20-21H2,1-2H3,(H,35,40)(H,36,38)/t25-/m1/s1. The SMILES string of the molecule is CCCCC(=O)N(CCNC(=O)[C@@H](CS)Cc1cccc(Cl)c1)Cc1ccc(-c2ccccc2S(=O)(=O)NC(C)=O)c(Cl)c1. The van der Waals surface area contributed by atoms with Crippen LogP contribution >= 0.6 is 35.8 Å². The maximum atomic E-state index is 13.1. The van der Waals surface area contributed by atoms with E-state index in [9.17, 15) is 22.8 Å². The molecule has 12 heteroatoms. The molecule has 0 aliphatic rings. The summed E-state index contributed by atoms with van der Waals surface area (Å²) in [6.45, 7) is 3.94. The molecule has 0 heterocycles. The monoisotopic (exact) mass is 677 g/mol. The molecular weight excluding hydrogens is 641 g/mol. The van der Waals surface area contributed by atoms with E-state index in [1.54, 1.807) is 47.4 Å². The highest BCUT2D eigenvalue weighted by Gasteiger charge is 2.23. The number of rotatable bonds is 15. The van der Waals surface area contributed by atoms with Crippen molar-refractivity contribution in [2.75, 3.05) is 18.8 Å². The molecule has 0 saturated heterocycles. The summed E-state index contributed by atoms with van der Waals surface area (Å²) in [4.78, 5) is 39.1. The van der Waals surface area contributed by atoms with Gasteiger partial charge in [0.2, 0.25) is 17.7 Å². The van der Waals surface area contributed by atoms with Crippen LogP contribution in [0.25, 0.3) is 11.1 Å². The van der Waals surface area contributed by atoms with E-state index in [1.165, 1.54) is 6.07 Å². The van der Waals surface area contributed by atoms with Crippen LogP contribution in [-0.4, -0.2) is 49.9 Å². The molecule has 236 valence electrons. The van der Waals surface area contributed by atoms with Crippen molar-refractivity contribution >= 4 is 63.6 Å². The Balaban J connectivity index is 1.74. The minimum atomic E-state index is -4.11. The predicted molar refractivity (Wildman–Crippen MR) is 178 cm³/mol. The fourth-order valence-corrected chi connectivity index (χ4v) is 6.71. The van der Waals surface area contributed by atoms with Crippen molar-refractivity contribution in [3.63, 3.8) is 0 Å². The Labute approximate surface area is 275 Å². The highest BCUT2D eigenvalue weighted by molar-refractivity contribution is 7.90. The Hall–Kier alpha value is -3.05. The molecule has 0 unspecified atom stereocenters. The summed E-state index contributed by atoms with van der Waals surface area (Å²) in [7, 11) is -4.11. The van der Waals surface area contributed by atoms with Crippen LogP contribution in [0.15, 0.2) is 71.6 Å². The Morgan fingerprint density at radius 1 is 0.955 bits per heavy atom. The third-order valence-electron chi connectivity index (χ3n) is 6.89. The van der Waals surface area contributed by atoms with Crippen molar-refractivity contribution in [1.29, 1.82) is 0 Å². The molecule has 3 aromatic rings. The first kappa shape index (κ1) is 35.4. The molecule has 0 bridgehead atoms. The zero-order chi connectivity index (χ0) is 32.3. The van der Waals surface area contributed by atoms with Gasteiger partial charge in [-0.3, -0.25) is 14.4 Å². The molecule has 0 aliphatic carbocycles. The number of carbonyl (C=O) groups excluding carboxylic acids is 3. The van der Waals surface area contributed by atoms with Gasteiger partial charge in [0.1, 0.15) is 0 Å². The van der Waals surface area contributed by atoms with Crippen molar-refractivity contribution in [3.05, 3.63) is 87.9 Å². The van der Waals surface area contributed by atoms with Gasteiger partial charge in [0.05, 0.1) is 10.8 Å². The van der Waals surface area contributed by atoms with Gasteiger partial charge in [-0.15, -0.1) is 0 Å². The Kier molecular flexibility index (Phi) is 13.6. The molecule has 3 aromatic carbocycles. The normalized spacial score (nSPS) is 11.9. The number of amides is 3. The summed E-state index contributed by atoms with van der Waals surface area (Å²) in [6, 6.07) is 18.8. The molecule has 0 spiro atoms. The van der Waals surface area contributed by atoms with Crippen molar-refractivity contribution < 1.29 is 22.8 Å². The molecule has 1 atom stereocenters. The van der Waals surface area contributed by atoms with E-state index >= 15 is 0 Å². The summed E-state index contributed by atoms with van der Waals surface area (Å²) in [5.41, 5.74) is 2.49. The van der Waals surface area contributed by atoms with Crippen LogP contribution in [0.2, 0.25) is 10.0 Å². The van der Waals surface area contributed by atoms with E-state index in [-0.39, 0.29) is 35.7 Å². The first-order chi connectivity index (χ1) is 20.9. The topological polar surface area (TPSA) is 113 Å². The fourth-order valence-electron chi connectivity index (χ4n) is 4.69. The number of thiol groups is 1. The number of sulfonamides is 1. The average molecular weight is 679 g/mol. The summed E-state index contributed by atoms with van der Waals surface area (Å²) in [5.74, 6) is -0.895. The quantitative estimate of drug-likeness (QED) is 0.173. The maximum Gasteiger partial charge on any atom is 0.264 e. The number of nitrogens with one attached hydrogen (secondary N) is 2. The molecule has 3 rings (SSSR count). The van der Waals surface area contributed by atoms with Crippen LogP contribution in [0.5, 0.6) is 0 Å². The minimum absolute atomic E-state index is 0.0438.